The molecule has 4 rings (SSSR count). The number of ether oxygens (including phenoxy) is 1. The number of benzene rings is 2. The third-order valence-corrected chi connectivity index (χ3v) is 5.01. The van der Waals surface area contributed by atoms with E-state index in [-0.39, 0.29) is 5.89 Å². The Kier molecular flexibility index (Phi) is 4.99. The Balaban J connectivity index is 1.54. The first-order valence-electron chi connectivity index (χ1n) is 8.74. The van der Waals surface area contributed by atoms with Crippen molar-refractivity contribution in [1.82, 2.24) is 15.2 Å². The minimum atomic E-state index is -0.677. The number of carbonyl (C=O) groups is 1. The first-order chi connectivity index (χ1) is 13.6. The van der Waals surface area contributed by atoms with Crippen LogP contribution in [0.25, 0.3) is 22.7 Å². The molecule has 28 heavy (non-hydrogen) atoms. The van der Waals surface area contributed by atoms with Crippen LogP contribution >= 0.6 is 11.3 Å². The van der Waals surface area contributed by atoms with Gasteiger partial charge in [-0.3, -0.25) is 0 Å². The van der Waals surface area contributed by atoms with E-state index in [2.05, 4.69) is 15.2 Å². The van der Waals surface area contributed by atoms with Crippen LogP contribution in [-0.4, -0.2) is 21.2 Å². The lowest BCUT2D eigenvalue weighted by Crippen LogP contribution is -2.09. The highest BCUT2D eigenvalue weighted by Gasteiger charge is 2.24. The predicted octanol–water partition coefficient (Wildman–Crippen LogP) is 5.09. The van der Waals surface area contributed by atoms with Gasteiger partial charge in [-0.25, -0.2) is 9.78 Å². The molecule has 4 aromatic rings. The van der Waals surface area contributed by atoms with E-state index in [1.54, 1.807) is 6.92 Å². The van der Waals surface area contributed by atoms with E-state index in [0.29, 0.717) is 16.5 Å². The number of thiazole rings is 1. The molecule has 140 valence electrons. The maximum atomic E-state index is 12.8. The summed E-state index contributed by atoms with van der Waals surface area (Å²) in [6, 6.07) is 19.0. The molecule has 0 bridgehead atoms. The second kappa shape index (κ2) is 7.74. The van der Waals surface area contributed by atoms with E-state index in [4.69, 9.17) is 9.15 Å². The first kappa shape index (κ1) is 18.1. The largest absolute Gasteiger partial charge is 0.448 e. The van der Waals surface area contributed by atoms with Crippen LogP contribution in [0, 0.1) is 6.92 Å². The number of carbonyl (C=O) groups excluding carboxylic acids is 1. The summed E-state index contributed by atoms with van der Waals surface area (Å²) >= 11 is 1.30. The molecule has 0 saturated carbocycles. The van der Waals surface area contributed by atoms with Crippen molar-refractivity contribution in [2.75, 3.05) is 0 Å². The third-order valence-electron chi connectivity index (χ3n) is 4.06. The quantitative estimate of drug-likeness (QED) is 0.441. The minimum Gasteiger partial charge on any atom is -0.448 e. The van der Waals surface area contributed by atoms with Crippen molar-refractivity contribution in [2.45, 2.75) is 20.0 Å². The molecule has 2 aromatic carbocycles. The van der Waals surface area contributed by atoms with Crippen molar-refractivity contribution in [3.8, 4) is 22.7 Å². The van der Waals surface area contributed by atoms with Gasteiger partial charge in [-0.15, -0.1) is 21.5 Å². The zero-order chi connectivity index (χ0) is 19.5. The molecule has 0 unspecified atom stereocenters. The van der Waals surface area contributed by atoms with E-state index < -0.39 is 12.1 Å². The molecule has 1 atom stereocenters. The highest BCUT2D eigenvalue weighted by Crippen LogP contribution is 2.30. The molecule has 0 saturated heterocycles. The second-order valence-electron chi connectivity index (χ2n) is 6.14. The van der Waals surface area contributed by atoms with Gasteiger partial charge in [0.2, 0.25) is 5.89 Å². The SMILES string of the molecule is Cc1nc(-c2ccccc2)c(C(=O)O[C@@H](C)c2nnc(-c3ccccc3)o2)s1. The molecule has 0 spiro atoms. The van der Waals surface area contributed by atoms with E-state index in [1.165, 1.54) is 11.3 Å². The summed E-state index contributed by atoms with van der Waals surface area (Å²) in [4.78, 5) is 17.7. The Morgan fingerprint density at radius 2 is 1.64 bits per heavy atom. The Bertz CT molecular complexity index is 1090. The van der Waals surface area contributed by atoms with Crippen molar-refractivity contribution in [3.05, 3.63) is 76.4 Å². The molecule has 0 aliphatic rings. The molecule has 0 N–H and O–H groups in total. The molecule has 0 radical (unpaired) electrons. The normalized spacial score (nSPS) is 11.9. The van der Waals surface area contributed by atoms with Gasteiger partial charge in [-0.2, -0.15) is 0 Å². The summed E-state index contributed by atoms with van der Waals surface area (Å²) in [6.45, 7) is 3.57. The van der Waals surface area contributed by atoms with Crippen LogP contribution in [0.3, 0.4) is 0 Å². The lowest BCUT2D eigenvalue weighted by molar-refractivity contribution is 0.0286. The van der Waals surface area contributed by atoms with E-state index in [0.717, 1.165) is 16.1 Å². The second-order valence-corrected chi connectivity index (χ2v) is 7.34. The van der Waals surface area contributed by atoms with Crippen molar-refractivity contribution in [1.29, 1.82) is 0 Å². The number of aryl methyl sites for hydroxylation is 1. The molecule has 2 heterocycles. The van der Waals surface area contributed by atoms with Gasteiger partial charge in [0.25, 0.3) is 5.89 Å². The zero-order valence-corrected chi connectivity index (χ0v) is 16.1. The lowest BCUT2D eigenvalue weighted by Gasteiger charge is -2.09. The molecule has 2 aromatic heterocycles. The van der Waals surface area contributed by atoms with Crippen LogP contribution in [-0.2, 0) is 4.74 Å². The van der Waals surface area contributed by atoms with Gasteiger partial charge in [0.05, 0.1) is 10.7 Å². The Labute approximate surface area is 165 Å². The number of hydrogen-bond acceptors (Lipinski definition) is 7. The number of aromatic nitrogens is 3. The van der Waals surface area contributed by atoms with Crippen LogP contribution in [0.1, 0.15) is 33.6 Å². The summed E-state index contributed by atoms with van der Waals surface area (Å²) in [5, 5.41) is 8.85. The predicted molar refractivity (Wildman–Crippen MR) is 106 cm³/mol. The van der Waals surface area contributed by atoms with Crippen molar-refractivity contribution < 1.29 is 13.9 Å². The summed E-state index contributed by atoms with van der Waals surface area (Å²) in [6.07, 6.45) is -0.677. The van der Waals surface area contributed by atoms with Crippen LogP contribution in [0.4, 0.5) is 0 Å². The number of hydrogen-bond donors (Lipinski definition) is 0. The monoisotopic (exact) mass is 391 g/mol. The molecule has 0 fully saturated rings. The summed E-state index contributed by atoms with van der Waals surface area (Å²) in [7, 11) is 0. The highest BCUT2D eigenvalue weighted by atomic mass is 32.1. The van der Waals surface area contributed by atoms with Gasteiger partial charge < -0.3 is 9.15 Å². The summed E-state index contributed by atoms with van der Waals surface area (Å²) < 4.78 is 11.3. The van der Waals surface area contributed by atoms with Gasteiger partial charge in [-0.05, 0) is 26.0 Å². The van der Waals surface area contributed by atoms with Crippen LogP contribution < -0.4 is 0 Å². The standard InChI is InChI=1S/C21H17N3O3S/c1-13(19-23-24-20(27-19)16-11-7-4-8-12-16)26-21(25)18-17(22-14(2)28-18)15-9-5-3-6-10-15/h3-13H,1-2H3/t13-/m0/s1. The van der Waals surface area contributed by atoms with Gasteiger partial charge >= 0.3 is 5.97 Å². The average molecular weight is 391 g/mol. The Hall–Kier alpha value is -3.32. The Morgan fingerprint density at radius 3 is 2.32 bits per heavy atom. The number of rotatable bonds is 5. The van der Waals surface area contributed by atoms with E-state index in [9.17, 15) is 4.79 Å². The van der Waals surface area contributed by atoms with Gasteiger partial charge in [0, 0.05) is 11.1 Å². The van der Waals surface area contributed by atoms with Crippen LogP contribution in [0.2, 0.25) is 0 Å². The molecule has 0 aliphatic carbocycles. The zero-order valence-electron chi connectivity index (χ0n) is 15.3. The fourth-order valence-electron chi connectivity index (χ4n) is 2.72. The third kappa shape index (κ3) is 3.70. The molecule has 0 amide bonds. The smallest absolute Gasteiger partial charge is 0.351 e. The highest BCUT2D eigenvalue weighted by molar-refractivity contribution is 7.14. The molecular formula is C21H17N3O3S. The summed E-state index contributed by atoms with van der Waals surface area (Å²) in [5.74, 6) is 0.170. The minimum absolute atomic E-state index is 0.245. The van der Waals surface area contributed by atoms with E-state index in [1.807, 2.05) is 67.6 Å². The summed E-state index contributed by atoms with van der Waals surface area (Å²) in [5.41, 5.74) is 2.30. The van der Waals surface area contributed by atoms with Crippen LogP contribution in [0.15, 0.2) is 65.1 Å². The Morgan fingerprint density at radius 1 is 1.00 bits per heavy atom. The average Bonchev–Trinajstić information content (AvgIpc) is 3.36. The first-order valence-corrected chi connectivity index (χ1v) is 9.56. The maximum absolute atomic E-state index is 12.8. The van der Waals surface area contributed by atoms with Gasteiger partial charge in [0.15, 0.2) is 6.10 Å². The van der Waals surface area contributed by atoms with Crippen LogP contribution in [0.5, 0.6) is 0 Å². The molecule has 6 nitrogen and oxygen atoms in total. The lowest BCUT2D eigenvalue weighted by atomic mass is 10.1. The van der Waals surface area contributed by atoms with E-state index >= 15 is 0 Å². The molecular weight excluding hydrogens is 374 g/mol. The van der Waals surface area contributed by atoms with Gasteiger partial charge in [-0.1, -0.05) is 48.5 Å². The van der Waals surface area contributed by atoms with Crippen molar-refractivity contribution in [2.24, 2.45) is 0 Å². The fraction of sp³-hybridized carbons (Fsp3) is 0.143. The number of nitrogens with zero attached hydrogens (tertiary/aromatic N) is 3. The topological polar surface area (TPSA) is 78.1 Å². The van der Waals surface area contributed by atoms with Crippen molar-refractivity contribution in [3.63, 3.8) is 0 Å². The molecule has 7 heteroatoms. The molecule has 0 aliphatic heterocycles. The van der Waals surface area contributed by atoms with Crippen molar-refractivity contribution >= 4 is 17.3 Å². The fourth-order valence-corrected chi connectivity index (χ4v) is 3.54. The number of esters is 1. The maximum Gasteiger partial charge on any atom is 0.351 e. The van der Waals surface area contributed by atoms with Gasteiger partial charge in [0.1, 0.15) is 4.88 Å².